The molecule has 6 nitrogen and oxygen atoms in total. The van der Waals surface area contributed by atoms with E-state index in [1.54, 1.807) is 31.2 Å². The lowest BCUT2D eigenvalue weighted by Gasteiger charge is -2.35. The maximum atomic E-state index is 13.2. The molecule has 2 atom stereocenters. The van der Waals surface area contributed by atoms with Gasteiger partial charge >= 0.3 is 17.9 Å². The molecule has 2 aliphatic rings. The first kappa shape index (κ1) is 16.3. The van der Waals surface area contributed by atoms with Crippen molar-refractivity contribution < 1.29 is 19.1 Å². The molecular formula is C20H18N2O4. The summed E-state index contributed by atoms with van der Waals surface area (Å²) in [4.78, 5) is 41.3. The number of ether oxygens (including phenoxy) is 1. The number of carbonyl (C=O) groups excluding carboxylic acids is 3. The Balaban J connectivity index is 1.93. The highest BCUT2D eigenvalue weighted by Crippen LogP contribution is 2.48. The molecule has 132 valence electrons. The third kappa shape index (κ3) is 1.95. The molecule has 2 aromatic rings. The molecule has 6 heteroatoms. The van der Waals surface area contributed by atoms with Gasteiger partial charge in [0, 0.05) is 12.1 Å². The molecule has 0 radical (unpaired) electrons. The van der Waals surface area contributed by atoms with Crippen molar-refractivity contribution in [1.82, 2.24) is 9.80 Å². The zero-order valence-electron chi connectivity index (χ0n) is 14.5. The number of imide groups is 1. The number of hydrogen-bond donors (Lipinski definition) is 0. The van der Waals surface area contributed by atoms with Gasteiger partial charge in [0.25, 0.3) is 5.72 Å². The largest absolute Gasteiger partial charge is 0.421 e. The van der Waals surface area contributed by atoms with Crippen molar-refractivity contribution in [2.24, 2.45) is 0 Å². The zero-order chi connectivity index (χ0) is 18.5. The predicted molar refractivity (Wildman–Crippen MR) is 93.0 cm³/mol. The second-order valence-electron chi connectivity index (χ2n) is 6.37. The first-order valence-electron chi connectivity index (χ1n) is 8.55. The summed E-state index contributed by atoms with van der Waals surface area (Å²) in [5.41, 5.74) is -0.152. The number of amides is 3. The zero-order valence-corrected chi connectivity index (χ0v) is 14.5. The maximum absolute atomic E-state index is 13.2. The van der Waals surface area contributed by atoms with Gasteiger partial charge in [-0.05, 0) is 25.5 Å². The monoisotopic (exact) mass is 350 g/mol. The van der Waals surface area contributed by atoms with Crippen LogP contribution in [0.15, 0.2) is 54.6 Å². The highest BCUT2D eigenvalue weighted by atomic mass is 16.6. The molecule has 26 heavy (non-hydrogen) atoms. The van der Waals surface area contributed by atoms with Gasteiger partial charge in [0.1, 0.15) is 0 Å². The molecule has 2 heterocycles. The van der Waals surface area contributed by atoms with Crippen molar-refractivity contribution >= 4 is 17.9 Å². The number of esters is 1. The summed E-state index contributed by atoms with van der Waals surface area (Å²) < 4.78 is 5.63. The van der Waals surface area contributed by atoms with E-state index in [1.807, 2.05) is 37.3 Å². The highest BCUT2D eigenvalue weighted by molar-refractivity contribution is 6.11. The van der Waals surface area contributed by atoms with Gasteiger partial charge in [-0.3, -0.25) is 14.6 Å². The van der Waals surface area contributed by atoms with Crippen LogP contribution < -0.4 is 0 Å². The van der Waals surface area contributed by atoms with Crippen molar-refractivity contribution in [3.8, 4) is 0 Å². The van der Waals surface area contributed by atoms with Crippen molar-refractivity contribution in [1.29, 1.82) is 0 Å². The van der Waals surface area contributed by atoms with Gasteiger partial charge in [-0.15, -0.1) is 0 Å². The van der Waals surface area contributed by atoms with E-state index in [2.05, 4.69) is 0 Å². The van der Waals surface area contributed by atoms with Gasteiger partial charge < -0.3 is 4.74 Å². The van der Waals surface area contributed by atoms with E-state index in [1.165, 1.54) is 4.90 Å². The third-order valence-electron chi connectivity index (χ3n) is 5.05. The molecule has 0 bridgehead atoms. The first-order valence-corrected chi connectivity index (χ1v) is 8.55. The molecule has 2 aromatic carbocycles. The minimum Gasteiger partial charge on any atom is -0.421 e. The molecule has 3 amide bonds. The number of likely N-dealkylation sites (N-methyl/N-ethyl adjacent to an activating group) is 1. The second-order valence-corrected chi connectivity index (χ2v) is 6.37. The fourth-order valence-electron chi connectivity index (χ4n) is 3.77. The molecule has 0 unspecified atom stereocenters. The topological polar surface area (TPSA) is 66.9 Å². The summed E-state index contributed by atoms with van der Waals surface area (Å²) in [6, 6.07) is 15.2. The summed E-state index contributed by atoms with van der Waals surface area (Å²) in [6.07, 6.45) is 0. The number of urea groups is 1. The van der Waals surface area contributed by atoms with Crippen LogP contribution in [0.2, 0.25) is 0 Å². The van der Waals surface area contributed by atoms with Crippen LogP contribution in [0, 0.1) is 0 Å². The minimum atomic E-state index is -1.74. The van der Waals surface area contributed by atoms with Gasteiger partial charge in [0.15, 0.2) is 0 Å². The van der Waals surface area contributed by atoms with Crippen LogP contribution in [-0.4, -0.2) is 34.3 Å². The lowest BCUT2D eigenvalue weighted by molar-refractivity contribution is -0.156. The molecule has 0 saturated carbocycles. The van der Waals surface area contributed by atoms with Crippen molar-refractivity contribution in [2.75, 3.05) is 6.54 Å². The van der Waals surface area contributed by atoms with E-state index >= 15 is 0 Å². The van der Waals surface area contributed by atoms with Crippen LogP contribution in [-0.2, 0) is 15.3 Å². The van der Waals surface area contributed by atoms with Crippen molar-refractivity contribution in [3.05, 3.63) is 71.3 Å². The molecule has 1 spiro atoms. The van der Waals surface area contributed by atoms with E-state index in [9.17, 15) is 14.4 Å². The second kappa shape index (κ2) is 5.69. The van der Waals surface area contributed by atoms with Crippen LogP contribution in [0.25, 0.3) is 0 Å². The molecule has 1 fully saturated rings. The molecule has 0 aromatic heterocycles. The Hall–Kier alpha value is -3.15. The highest BCUT2D eigenvalue weighted by Gasteiger charge is 2.66. The maximum Gasteiger partial charge on any atom is 0.341 e. The average Bonchev–Trinajstić information content (AvgIpc) is 3.07. The first-order chi connectivity index (χ1) is 12.5. The van der Waals surface area contributed by atoms with Gasteiger partial charge in [-0.2, -0.15) is 0 Å². The quantitative estimate of drug-likeness (QED) is 0.630. The smallest absolute Gasteiger partial charge is 0.341 e. The molecule has 2 aliphatic heterocycles. The summed E-state index contributed by atoms with van der Waals surface area (Å²) >= 11 is 0. The van der Waals surface area contributed by atoms with Gasteiger partial charge in [-0.1, -0.05) is 48.5 Å². The Morgan fingerprint density at radius 3 is 2.35 bits per heavy atom. The third-order valence-corrected chi connectivity index (χ3v) is 5.05. The number of carbonyl (C=O) groups is 3. The Labute approximate surface area is 151 Å². The number of fused-ring (bicyclic) bond motifs is 2. The van der Waals surface area contributed by atoms with Crippen molar-refractivity contribution in [2.45, 2.75) is 25.6 Å². The summed E-state index contributed by atoms with van der Waals surface area (Å²) in [5, 5.41) is 0. The molecule has 0 aliphatic carbocycles. The number of rotatable bonds is 3. The lowest BCUT2D eigenvalue weighted by Crippen LogP contribution is -2.48. The number of nitrogens with zero attached hydrogens (tertiary/aromatic N) is 2. The molecule has 4 rings (SSSR count). The fourth-order valence-corrected chi connectivity index (χ4v) is 3.77. The van der Waals surface area contributed by atoms with Gasteiger partial charge in [0.2, 0.25) is 0 Å². The van der Waals surface area contributed by atoms with Crippen LogP contribution in [0.5, 0.6) is 0 Å². The van der Waals surface area contributed by atoms with Crippen LogP contribution >= 0.6 is 0 Å². The predicted octanol–water partition coefficient (Wildman–Crippen LogP) is 3.06. The Morgan fingerprint density at radius 2 is 1.65 bits per heavy atom. The SMILES string of the molecule is CCN1C(=O)N([C@H](C)c2ccccc2)[C@@]2(OC(=O)c3ccccc32)C1=O. The Kier molecular flexibility index (Phi) is 3.57. The van der Waals surface area contributed by atoms with E-state index in [-0.39, 0.29) is 6.54 Å². The van der Waals surface area contributed by atoms with Gasteiger partial charge in [-0.25, -0.2) is 9.59 Å². The molecule has 0 N–H and O–H groups in total. The average molecular weight is 350 g/mol. The molecular weight excluding hydrogens is 332 g/mol. The number of benzene rings is 2. The van der Waals surface area contributed by atoms with Crippen molar-refractivity contribution in [3.63, 3.8) is 0 Å². The van der Waals surface area contributed by atoms with E-state index in [0.717, 1.165) is 10.5 Å². The minimum absolute atomic E-state index is 0.205. The Morgan fingerprint density at radius 1 is 1.00 bits per heavy atom. The molecule has 1 saturated heterocycles. The van der Waals surface area contributed by atoms with Gasteiger partial charge in [0.05, 0.1) is 11.6 Å². The Bertz CT molecular complexity index is 911. The van der Waals surface area contributed by atoms with E-state index in [0.29, 0.717) is 11.1 Å². The van der Waals surface area contributed by atoms with E-state index in [4.69, 9.17) is 4.74 Å². The summed E-state index contributed by atoms with van der Waals surface area (Å²) in [6.45, 7) is 3.76. The standard InChI is InChI=1S/C20H18N2O4/c1-3-21-18(24)20(16-12-8-7-11-15(16)17(23)26-20)22(19(21)25)13(2)14-9-5-4-6-10-14/h4-13H,3H2,1-2H3/t13-,20+/m1/s1. The van der Waals surface area contributed by atoms with Crippen LogP contribution in [0.3, 0.4) is 0 Å². The number of hydrogen-bond acceptors (Lipinski definition) is 4. The van der Waals surface area contributed by atoms with Crippen LogP contribution in [0.4, 0.5) is 4.79 Å². The normalized spacial score (nSPS) is 22.8. The van der Waals surface area contributed by atoms with E-state index < -0.39 is 29.7 Å². The summed E-state index contributed by atoms with van der Waals surface area (Å²) in [5.74, 6) is -1.11. The van der Waals surface area contributed by atoms with Crippen LogP contribution in [0.1, 0.15) is 41.4 Å². The fraction of sp³-hybridized carbons (Fsp3) is 0.250. The lowest BCUT2D eigenvalue weighted by atomic mass is 9.96. The summed E-state index contributed by atoms with van der Waals surface area (Å²) in [7, 11) is 0.